The lowest BCUT2D eigenvalue weighted by Crippen LogP contribution is -2.28. The highest BCUT2D eigenvalue weighted by atomic mass is 32.2. The standard InChI is InChI=1S/C19H25N3OS/c1-11-7-8-17(9-12(11)2)16(6)20-18(23)10-24-19-21-14(4)13(3)15(5)22-19/h7-9,16H,10H2,1-6H3,(H,20,23)/t16-/m1/s1. The molecular formula is C19H25N3OS. The Bertz CT molecular complexity index is 735. The van der Waals surface area contributed by atoms with Crippen LogP contribution in [0.2, 0.25) is 0 Å². The summed E-state index contributed by atoms with van der Waals surface area (Å²) in [5.41, 5.74) is 6.65. The van der Waals surface area contributed by atoms with Crippen LogP contribution in [0.25, 0.3) is 0 Å². The molecule has 1 N–H and O–H groups in total. The minimum Gasteiger partial charge on any atom is -0.349 e. The third-order valence-electron chi connectivity index (χ3n) is 4.35. The predicted octanol–water partition coefficient (Wildman–Crippen LogP) is 3.99. The molecule has 1 atom stereocenters. The number of nitrogens with zero attached hydrogens (tertiary/aromatic N) is 2. The number of aromatic nitrogens is 2. The summed E-state index contributed by atoms with van der Waals surface area (Å²) in [5.74, 6) is 0.308. The molecule has 0 bridgehead atoms. The molecule has 2 rings (SSSR count). The molecule has 0 aliphatic rings. The summed E-state index contributed by atoms with van der Waals surface area (Å²) in [6.07, 6.45) is 0. The van der Waals surface area contributed by atoms with E-state index in [0.717, 1.165) is 22.5 Å². The predicted molar refractivity (Wildman–Crippen MR) is 99.4 cm³/mol. The molecule has 0 aliphatic heterocycles. The lowest BCUT2D eigenvalue weighted by Gasteiger charge is -2.15. The first-order valence-corrected chi connectivity index (χ1v) is 9.07. The molecule has 0 spiro atoms. The van der Waals surface area contributed by atoms with Crippen molar-refractivity contribution in [1.82, 2.24) is 15.3 Å². The van der Waals surface area contributed by atoms with Gasteiger partial charge in [0.15, 0.2) is 5.16 Å². The van der Waals surface area contributed by atoms with Crippen LogP contribution in [0.15, 0.2) is 23.4 Å². The number of hydrogen-bond donors (Lipinski definition) is 1. The van der Waals surface area contributed by atoms with Crippen LogP contribution in [0.5, 0.6) is 0 Å². The maximum atomic E-state index is 12.2. The minimum atomic E-state index is -0.0141. The van der Waals surface area contributed by atoms with Gasteiger partial charge in [0.05, 0.1) is 11.8 Å². The van der Waals surface area contributed by atoms with E-state index >= 15 is 0 Å². The molecule has 0 radical (unpaired) electrons. The van der Waals surface area contributed by atoms with Crippen molar-refractivity contribution in [2.75, 3.05) is 5.75 Å². The summed E-state index contributed by atoms with van der Waals surface area (Å²) >= 11 is 1.37. The van der Waals surface area contributed by atoms with Gasteiger partial charge in [0.2, 0.25) is 5.91 Å². The Balaban J connectivity index is 1.94. The zero-order valence-corrected chi connectivity index (χ0v) is 16.0. The Labute approximate surface area is 148 Å². The van der Waals surface area contributed by atoms with Crippen LogP contribution in [0.4, 0.5) is 0 Å². The molecule has 0 saturated heterocycles. The molecule has 1 heterocycles. The van der Waals surface area contributed by atoms with E-state index < -0.39 is 0 Å². The molecular weight excluding hydrogens is 318 g/mol. The Morgan fingerprint density at radius 2 is 1.71 bits per heavy atom. The number of benzene rings is 1. The first-order chi connectivity index (χ1) is 11.3. The van der Waals surface area contributed by atoms with Crippen molar-refractivity contribution < 1.29 is 4.79 Å². The number of hydrogen-bond acceptors (Lipinski definition) is 4. The number of amides is 1. The summed E-state index contributed by atoms with van der Waals surface area (Å²) in [5, 5.41) is 3.70. The van der Waals surface area contributed by atoms with E-state index in [2.05, 4.69) is 47.3 Å². The van der Waals surface area contributed by atoms with E-state index in [4.69, 9.17) is 0 Å². The number of rotatable bonds is 5. The number of carbonyl (C=O) groups excluding carboxylic acids is 1. The summed E-state index contributed by atoms with van der Waals surface area (Å²) < 4.78 is 0. The maximum absolute atomic E-state index is 12.2. The molecule has 0 unspecified atom stereocenters. The molecule has 5 heteroatoms. The quantitative estimate of drug-likeness (QED) is 0.659. The van der Waals surface area contributed by atoms with Crippen LogP contribution in [-0.2, 0) is 4.79 Å². The van der Waals surface area contributed by atoms with Gasteiger partial charge in [0.25, 0.3) is 0 Å². The molecule has 0 aliphatic carbocycles. The normalized spacial score (nSPS) is 12.1. The van der Waals surface area contributed by atoms with Crippen LogP contribution in [0, 0.1) is 34.6 Å². The van der Waals surface area contributed by atoms with Gasteiger partial charge in [0.1, 0.15) is 0 Å². The second-order valence-corrected chi connectivity index (χ2v) is 7.17. The minimum absolute atomic E-state index is 0.00907. The molecule has 0 fully saturated rings. The lowest BCUT2D eigenvalue weighted by molar-refractivity contribution is -0.119. The van der Waals surface area contributed by atoms with Gasteiger partial charge in [-0.05, 0) is 63.8 Å². The second kappa shape index (κ2) is 7.79. The SMILES string of the molecule is Cc1ccc([C@@H](C)NC(=O)CSc2nc(C)c(C)c(C)n2)cc1C. The molecule has 2 aromatic rings. The second-order valence-electron chi connectivity index (χ2n) is 6.22. The molecule has 128 valence electrons. The van der Waals surface area contributed by atoms with Gasteiger partial charge in [-0.25, -0.2) is 9.97 Å². The number of aryl methyl sites for hydroxylation is 4. The van der Waals surface area contributed by atoms with E-state index in [0.29, 0.717) is 10.9 Å². The van der Waals surface area contributed by atoms with E-state index in [1.807, 2.05) is 27.7 Å². The average Bonchev–Trinajstić information content (AvgIpc) is 2.53. The highest BCUT2D eigenvalue weighted by Gasteiger charge is 2.12. The van der Waals surface area contributed by atoms with Gasteiger partial charge in [-0.3, -0.25) is 4.79 Å². The molecule has 1 aromatic heterocycles. The van der Waals surface area contributed by atoms with Crippen LogP contribution in [-0.4, -0.2) is 21.6 Å². The van der Waals surface area contributed by atoms with Crippen molar-refractivity contribution in [1.29, 1.82) is 0 Å². The molecule has 4 nitrogen and oxygen atoms in total. The van der Waals surface area contributed by atoms with Crippen LogP contribution >= 0.6 is 11.8 Å². The molecule has 24 heavy (non-hydrogen) atoms. The van der Waals surface area contributed by atoms with Gasteiger partial charge < -0.3 is 5.32 Å². The van der Waals surface area contributed by atoms with Gasteiger partial charge in [0, 0.05) is 11.4 Å². The van der Waals surface area contributed by atoms with Gasteiger partial charge in [-0.15, -0.1) is 0 Å². The Morgan fingerprint density at radius 1 is 1.08 bits per heavy atom. The molecule has 0 saturated carbocycles. The van der Waals surface area contributed by atoms with Crippen LogP contribution in [0.3, 0.4) is 0 Å². The maximum Gasteiger partial charge on any atom is 0.230 e. The monoisotopic (exact) mass is 343 g/mol. The van der Waals surface area contributed by atoms with Crippen molar-refractivity contribution in [2.24, 2.45) is 0 Å². The lowest BCUT2D eigenvalue weighted by atomic mass is 10.0. The number of nitrogens with one attached hydrogen (secondary N) is 1. The van der Waals surface area contributed by atoms with Crippen molar-refractivity contribution >= 4 is 17.7 Å². The highest BCUT2D eigenvalue weighted by molar-refractivity contribution is 7.99. The van der Waals surface area contributed by atoms with Gasteiger partial charge in [-0.2, -0.15) is 0 Å². The largest absolute Gasteiger partial charge is 0.349 e. The zero-order chi connectivity index (χ0) is 17.9. The van der Waals surface area contributed by atoms with Gasteiger partial charge in [-0.1, -0.05) is 30.0 Å². The fourth-order valence-corrected chi connectivity index (χ4v) is 3.08. The number of thioether (sulfide) groups is 1. The summed E-state index contributed by atoms with van der Waals surface area (Å²) in [6.45, 7) is 12.1. The van der Waals surface area contributed by atoms with Crippen molar-refractivity contribution in [2.45, 2.75) is 52.7 Å². The third kappa shape index (κ3) is 4.57. The topological polar surface area (TPSA) is 54.9 Å². The summed E-state index contributed by atoms with van der Waals surface area (Å²) in [6, 6.07) is 6.27. The van der Waals surface area contributed by atoms with E-state index in [9.17, 15) is 4.79 Å². The van der Waals surface area contributed by atoms with E-state index in [1.54, 1.807) is 0 Å². The Kier molecular flexibility index (Phi) is 5.99. The Morgan fingerprint density at radius 3 is 2.29 bits per heavy atom. The average molecular weight is 343 g/mol. The van der Waals surface area contributed by atoms with Crippen molar-refractivity contribution in [3.05, 3.63) is 51.8 Å². The molecule has 1 amide bonds. The highest BCUT2D eigenvalue weighted by Crippen LogP contribution is 2.19. The van der Waals surface area contributed by atoms with Crippen LogP contribution < -0.4 is 5.32 Å². The van der Waals surface area contributed by atoms with Crippen molar-refractivity contribution in [3.63, 3.8) is 0 Å². The summed E-state index contributed by atoms with van der Waals surface area (Å²) in [7, 11) is 0. The Hall–Kier alpha value is -1.88. The smallest absolute Gasteiger partial charge is 0.230 e. The fraction of sp³-hybridized carbons (Fsp3) is 0.421. The van der Waals surface area contributed by atoms with Crippen LogP contribution in [0.1, 0.15) is 46.6 Å². The molecule has 1 aromatic carbocycles. The van der Waals surface area contributed by atoms with E-state index in [-0.39, 0.29) is 11.9 Å². The first-order valence-electron chi connectivity index (χ1n) is 8.09. The van der Waals surface area contributed by atoms with Crippen molar-refractivity contribution in [3.8, 4) is 0 Å². The zero-order valence-electron chi connectivity index (χ0n) is 15.2. The third-order valence-corrected chi connectivity index (χ3v) is 5.20. The number of carbonyl (C=O) groups is 1. The van der Waals surface area contributed by atoms with Gasteiger partial charge >= 0.3 is 0 Å². The fourth-order valence-electron chi connectivity index (χ4n) is 2.34. The summed E-state index contributed by atoms with van der Waals surface area (Å²) in [4.78, 5) is 21.1. The van der Waals surface area contributed by atoms with E-state index in [1.165, 1.54) is 22.9 Å². The first kappa shape index (κ1) is 18.5.